The van der Waals surface area contributed by atoms with Gasteiger partial charge >= 0.3 is 0 Å². The van der Waals surface area contributed by atoms with Crippen LogP contribution in [0.25, 0.3) is 0 Å². The maximum Gasteiger partial charge on any atom is 0.271 e. The molecule has 2 aromatic carbocycles. The summed E-state index contributed by atoms with van der Waals surface area (Å²) in [6.07, 6.45) is 0. The fourth-order valence-electron chi connectivity index (χ4n) is 3.08. The van der Waals surface area contributed by atoms with Crippen LogP contribution in [0.3, 0.4) is 0 Å². The number of aromatic nitrogens is 2. The first-order valence-corrected chi connectivity index (χ1v) is 8.51. The van der Waals surface area contributed by atoms with E-state index in [4.69, 9.17) is 0 Å². The van der Waals surface area contributed by atoms with Crippen molar-refractivity contribution in [2.45, 2.75) is 18.9 Å². The third-order valence-corrected chi connectivity index (χ3v) is 4.37. The number of amides is 1. The molecule has 0 bridgehead atoms. The minimum absolute atomic E-state index is 0.00822. The van der Waals surface area contributed by atoms with Gasteiger partial charge in [-0.25, -0.2) is 4.68 Å². The maximum absolute atomic E-state index is 12.6. The molecule has 0 aliphatic heterocycles. The number of aryl methyl sites for hydroxylation is 1. The molecule has 1 atom stereocenters. The van der Waals surface area contributed by atoms with Gasteiger partial charge in [-0.1, -0.05) is 60.7 Å². The molecule has 26 heavy (non-hydrogen) atoms. The predicted molar refractivity (Wildman–Crippen MR) is 101 cm³/mol. The molecule has 1 amide bonds. The Balaban J connectivity index is 1.88. The van der Waals surface area contributed by atoms with Crippen LogP contribution in [0.5, 0.6) is 0 Å². The van der Waals surface area contributed by atoms with Gasteiger partial charge < -0.3 is 5.32 Å². The van der Waals surface area contributed by atoms with E-state index in [0.29, 0.717) is 0 Å². The van der Waals surface area contributed by atoms with E-state index >= 15 is 0 Å². The molecule has 0 unspecified atom stereocenters. The Morgan fingerprint density at radius 1 is 0.923 bits per heavy atom. The fourth-order valence-corrected chi connectivity index (χ4v) is 3.08. The molecule has 5 heteroatoms. The minimum atomic E-state index is -0.301. The van der Waals surface area contributed by atoms with Crippen molar-refractivity contribution in [3.63, 3.8) is 0 Å². The standard InChI is InChI=1S/C21H21N3O2/c1-15(22-21(26)18-13-14-19(25)24(2)23-18)20(16-9-5-3-6-10-16)17-11-7-4-8-12-17/h3-15,20H,1-2H3,(H,22,26)/t15-/m1/s1. The molecular formula is C21H21N3O2. The van der Waals surface area contributed by atoms with Gasteiger partial charge in [0.05, 0.1) is 0 Å². The molecule has 1 N–H and O–H groups in total. The van der Waals surface area contributed by atoms with Crippen molar-refractivity contribution >= 4 is 5.91 Å². The number of nitrogens with one attached hydrogen (secondary N) is 1. The molecule has 0 radical (unpaired) electrons. The molecule has 0 spiro atoms. The zero-order valence-corrected chi connectivity index (χ0v) is 14.8. The Kier molecular flexibility index (Phi) is 5.27. The monoisotopic (exact) mass is 347 g/mol. The van der Waals surface area contributed by atoms with Crippen molar-refractivity contribution in [1.29, 1.82) is 0 Å². The Morgan fingerprint density at radius 2 is 1.46 bits per heavy atom. The van der Waals surface area contributed by atoms with E-state index in [2.05, 4.69) is 34.7 Å². The number of hydrogen-bond acceptors (Lipinski definition) is 3. The van der Waals surface area contributed by atoms with Gasteiger partial charge in [0, 0.05) is 25.1 Å². The molecule has 0 aliphatic rings. The lowest BCUT2D eigenvalue weighted by atomic mass is 9.86. The number of benzene rings is 2. The number of nitrogens with zero attached hydrogens (tertiary/aromatic N) is 2. The van der Waals surface area contributed by atoms with Gasteiger partial charge in [0.15, 0.2) is 0 Å². The van der Waals surface area contributed by atoms with E-state index in [1.54, 1.807) is 0 Å². The van der Waals surface area contributed by atoms with Crippen LogP contribution in [-0.4, -0.2) is 21.7 Å². The molecule has 5 nitrogen and oxygen atoms in total. The SMILES string of the molecule is C[C@@H](NC(=O)c1ccc(=O)n(C)n1)C(c1ccccc1)c1ccccc1. The predicted octanol–water partition coefficient (Wildman–Crippen LogP) is 2.73. The van der Waals surface area contributed by atoms with Gasteiger partial charge in [0.2, 0.25) is 0 Å². The first-order valence-electron chi connectivity index (χ1n) is 8.51. The van der Waals surface area contributed by atoms with E-state index in [9.17, 15) is 9.59 Å². The lowest BCUT2D eigenvalue weighted by molar-refractivity contribution is 0.0929. The molecule has 0 saturated carbocycles. The van der Waals surface area contributed by atoms with Crippen LogP contribution in [0.2, 0.25) is 0 Å². The van der Waals surface area contributed by atoms with Gasteiger partial charge in [0.1, 0.15) is 5.69 Å². The summed E-state index contributed by atoms with van der Waals surface area (Å²) >= 11 is 0. The lowest BCUT2D eigenvalue weighted by Gasteiger charge is -2.26. The van der Waals surface area contributed by atoms with Crippen molar-refractivity contribution in [3.8, 4) is 0 Å². The van der Waals surface area contributed by atoms with Crippen LogP contribution in [0, 0.1) is 0 Å². The topological polar surface area (TPSA) is 64.0 Å². The Morgan fingerprint density at radius 3 is 1.96 bits per heavy atom. The lowest BCUT2D eigenvalue weighted by Crippen LogP contribution is -2.38. The van der Waals surface area contributed by atoms with Crippen LogP contribution in [0.1, 0.15) is 34.5 Å². The molecule has 0 aliphatic carbocycles. The number of carbonyl (C=O) groups is 1. The van der Waals surface area contributed by atoms with Crippen LogP contribution >= 0.6 is 0 Å². The average Bonchev–Trinajstić information content (AvgIpc) is 2.66. The van der Waals surface area contributed by atoms with Gasteiger partial charge in [-0.05, 0) is 24.1 Å². The second-order valence-corrected chi connectivity index (χ2v) is 6.24. The molecule has 3 rings (SSSR count). The first kappa shape index (κ1) is 17.6. The minimum Gasteiger partial charge on any atom is -0.347 e. The van der Waals surface area contributed by atoms with Crippen LogP contribution < -0.4 is 10.9 Å². The summed E-state index contributed by atoms with van der Waals surface area (Å²) < 4.78 is 1.16. The summed E-state index contributed by atoms with van der Waals surface area (Å²) in [7, 11) is 1.53. The summed E-state index contributed by atoms with van der Waals surface area (Å²) in [6, 6.07) is 22.8. The average molecular weight is 347 g/mol. The highest BCUT2D eigenvalue weighted by Gasteiger charge is 2.23. The van der Waals surface area contributed by atoms with E-state index in [0.717, 1.165) is 15.8 Å². The summed E-state index contributed by atoms with van der Waals surface area (Å²) in [6.45, 7) is 1.98. The largest absolute Gasteiger partial charge is 0.347 e. The first-order chi connectivity index (χ1) is 12.6. The molecule has 0 saturated heterocycles. The number of carbonyl (C=O) groups excluding carboxylic acids is 1. The third-order valence-electron chi connectivity index (χ3n) is 4.37. The van der Waals surface area contributed by atoms with E-state index in [1.807, 2.05) is 43.3 Å². The van der Waals surface area contributed by atoms with Gasteiger partial charge in [-0.2, -0.15) is 5.10 Å². The van der Waals surface area contributed by atoms with Gasteiger partial charge in [0.25, 0.3) is 11.5 Å². The zero-order valence-electron chi connectivity index (χ0n) is 14.8. The molecule has 1 aromatic heterocycles. The van der Waals surface area contributed by atoms with Crippen LogP contribution in [-0.2, 0) is 7.05 Å². The van der Waals surface area contributed by atoms with Crippen molar-refractivity contribution in [3.05, 3.63) is 100.0 Å². The van der Waals surface area contributed by atoms with Crippen LogP contribution in [0.15, 0.2) is 77.6 Å². The van der Waals surface area contributed by atoms with Crippen molar-refractivity contribution in [1.82, 2.24) is 15.1 Å². The van der Waals surface area contributed by atoms with E-state index < -0.39 is 0 Å². The van der Waals surface area contributed by atoms with Crippen molar-refractivity contribution in [2.75, 3.05) is 0 Å². The molecule has 3 aromatic rings. The summed E-state index contributed by atoms with van der Waals surface area (Å²) in [5, 5.41) is 7.05. The fraction of sp³-hybridized carbons (Fsp3) is 0.190. The Bertz CT molecular complexity index is 897. The molecule has 0 fully saturated rings. The summed E-state index contributed by atoms with van der Waals surface area (Å²) in [5.41, 5.74) is 2.22. The third kappa shape index (κ3) is 3.88. The number of rotatable bonds is 5. The quantitative estimate of drug-likeness (QED) is 0.772. The summed E-state index contributed by atoms with van der Waals surface area (Å²) in [4.78, 5) is 24.1. The molecular weight excluding hydrogens is 326 g/mol. The molecule has 1 heterocycles. The summed E-state index contributed by atoms with van der Waals surface area (Å²) in [5.74, 6) is -0.293. The maximum atomic E-state index is 12.6. The highest BCUT2D eigenvalue weighted by Crippen LogP contribution is 2.28. The van der Waals surface area contributed by atoms with Crippen molar-refractivity contribution < 1.29 is 4.79 Å². The number of hydrogen-bond donors (Lipinski definition) is 1. The molecule has 132 valence electrons. The van der Waals surface area contributed by atoms with E-state index in [1.165, 1.54) is 19.2 Å². The zero-order chi connectivity index (χ0) is 18.5. The Hall–Kier alpha value is -3.21. The van der Waals surface area contributed by atoms with Gasteiger partial charge in [-0.3, -0.25) is 9.59 Å². The van der Waals surface area contributed by atoms with Gasteiger partial charge in [-0.15, -0.1) is 0 Å². The van der Waals surface area contributed by atoms with Crippen LogP contribution in [0.4, 0.5) is 0 Å². The Labute approximate surface area is 152 Å². The second-order valence-electron chi connectivity index (χ2n) is 6.24. The normalized spacial score (nSPS) is 12.0. The van der Waals surface area contributed by atoms with Crippen molar-refractivity contribution in [2.24, 2.45) is 7.05 Å². The smallest absolute Gasteiger partial charge is 0.271 e. The highest BCUT2D eigenvalue weighted by molar-refractivity contribution is 5.92. The highest BCUT2D eigenvalue weighted by atomic mass is 16.2. The van der Waals surface area contributed by atoms with E-state index in [-0.39, 0.29) is 29.1 Å². The second kappa shape index (κ2) is 7.78.